The Kier molecular flexibility index (Phi) is 3.62. The highest BCUT2D eigenvalue weighted by Gasteiger charge is 2.20. The summed E-state index contributed by atoms with van der Waals surface area (Å²) in [4.78, 5) is 11.9. The van der Waals surface area contributed by atoms with Crippen LogP contribution in [0.2, 0.25) is 0 Å². The third-order valence-corrected chi connectivity index (χ3v) is 3.29. The SMILES string of the molecule is CCC(C)(O)CNC(=O)c1cc2cc(C)ccc2o1. The standard InChI is InChI=1S/C15H19NO3/c1-4-15(3,18)9-16-14(17)13-8-11-7-10(2)5-6-12(11)19-13/h5-8,18H,4,9H2,1-3H3,(H,16,17). The number of amides is 1. The van der Waals surface area contributed by atoms with E-state index in [1.54, 1.807) is 13.0 Å². The molecule has 0 bridgehead atoms. The molecule has 4 nitrogen and oxygen atoms in total. The summed E-state index contributed by atoms with van der Waals surface area (Å²) >= 11 is 0. The van der Waals surface area contributed by atoms with E-state index >= 15 is 0 Å². The van der Waals surface area contributed by atoms with E-state index in [1.807, 2.05) is 32.0 Å². The van der Waals surface area contributed by atoms with Crippen LogP contribution in [0.1, 0.15) is 36.4 Å². The molecule has 1 aromatic carbocycles. The molecule has 0 aliphatic carbocycles. The van der Waals surface area contributed by atoms with Crippen molar-refractivity contribution < 1.29 is 14.3 Å². The van der Waals surface area contributed by atoms with Gasteiger partial charge in [0.15, 0.2) is 5.76 Å². The predicted molar refractivity (Wildman–Crippen MR) is 74.2 cm³/mol. The van der Waals surface area contributed by atoms with E-state index in [2.05, 4.69) is 5.32 Å². The Morgan fingerprint density at radius 3 is 2.84 bits per heavy atom. The Bertz CT molecular complexity index is 598. The fourth-order valence-corrected chi connectivity index (χ4v) is 1.76. The molecular weight excluding hydrogens is 242 g/mol. The second kappa shape index (κ2) is 5.05. The summed E-state index contributed by atoms with van der Waals surface area (Å²) in [6.45, 7) is 5.76. The van der Waals surface area contributed by atoms with Gasteiger partial charge in [-0.2, -0.15) is 0 Å². The molecule has 0 saturated heterocycles. The smallest absolute Gasteiger partial charge is 0.287 e. The zero-order chi connectivity index (χ0) is 14.0. The van der Waals surface area contributed by atoms with E-state index in [1.165, 1.54) is 0 Å². The summed E-state index contributed by atoms with van der Waals surface area (Å²) in [5.74, 6) is -0.0323. The van der Waals surface area contributed by atoms with Crippen LogP contribution in [0.15, 0.2) is 28.7 Å². The molecule has 1 heterocycles. The fraction of sp³-hybridized carbons (Fsp3) is 0.400. The lowest BCUT2D eigenvalue weighted by atomic mass is 10.0. The van der Waals surface area contributed by atoms with Crippen LogP contribution in [-0.4, -0.2) is 23.2 Å². The van der Waals surface area contributed by atoms with E-state index in [0.29, 0.717) is 12.0 Å². The number of hydrogen-bond acceptors (Lipinski definition) is 3. The van der Waals surface area contributed by atoms with Crippen molar-refractivity contribution in [2.24, 2.45) is 0 Å². The summed E-state index contributed by atoms with van der Waals surface area (Å²) < 4.78 is 5.49. The highest BCUT2D eigenvalue weighted by atomic mass is 16.3. The minimum atomic E-state index is -0.891. The topological polar surface area (TPSA) is 62.5 Å². The summed E-state index contributed by atoms with van der Waals surface area (Å²) in [6.07, 6.45) is 0.576. The minimum absolute atomic E-state index is 0.207. The van der Waals surface area contributed by atoms with Gasteiger partial charge in [0.2, 0.25) is 0 Å². The molecule has 2 aromatic rings. The van der Waals surface area contributed by atoms with Crippen molar-refractivity contribution in [3.63, 3.8) is 0 Å². The van der Waals surface area contributed by atoms with E-state index in [4.69, 9.17) is 4.42 Å². The molecule has 1 amide bonds. The van der Waals surface area contributed by atoms with E-state index in [-0.39, 0.29) is 18.2 Å². The van der Waals surface area contributed by atoms with Crippen molar-refractivity contribution in [2.45, 2.75) is 32.8 Å². The van der Waals surface area contributed by atoms with Crippen LogP contribution in [0.4, 0.5) is 0 Å². The van der Waals surface area contributed by atoms with Gasteiger partial charge < -0.3 is 14.8 Å². The first-order valence-electron chi connectivity index (χ1n) is 6.42. The van der Waals surface area contributed by atoms with Gasteiger partial charge in [0.1, 0.15) is 5.58 Å². The van der Waals surface area contributed by atoms with Gasteiger partial charge in [0.05, 0.1) is 5.60 Å². The molecule has 2 N–H and O–H groups in total. The van der Waals surface area contributed by atoms with E-state index in [9.17, 15) is 9.90 Å². The molecule has 1 aromatic heterocycles. The number of carbonyl (C=O) groups is 1. The number of carbonyl (C=O) groups excluding carboxylic acids is 1. The summed E-state index contributed by atoms with van der Waals surface area (Å²) in [5.41, 5.74) is 0.922. The zero-order valence-electron chi connectivity index (χ0n) is 11.5. The maximum Gasteiger partial charge on any atom is 0.287 e. The lowest BCUT2D eigenvalue weighted by Gasteiger charge is -2.20. The quantitative estimate of drug-likeness (QED) is 0.889. The number of aryl methyl sites for hydroxylation is 1. The zero-order valence-corrected chi connectivity index (χ0v) is 11.5. The van der Waals surface area contributed by atoms with Crippen LogP contribution < -0.4 is 5.32 Å². The number of aliphatic hydroxyl groups is 1. The Labute approximate surface area is 112 Å². The lowest BCUT2D eigenvalue weighted by molar-refractivity contribution is 0.0512. The van der Waals surface area contributed by atoms with Crippen LogP contribution in [0.3, 0.4) is 0 Å². The van der Waals surface area contributed by atoms with Crippen LogP contribution in [0.25, 0.3) is 11.0 Å². The first kappa shape index (κ1) is 13.6. The first-order valence-corrected chi connectivity index (χ1v) is 6.42. The molecule has 0 aliphatic heterocycles. The average molecular weight is 261 g/mol. The number of nitrogens with one attached hydrogen (secondary N) is 1. The van der Waals surface area contributed by atoms with Crippen LogP contribution in [0, 0.1) is 6.92 Å². The molecule has 0 fully saturated rings. The van der Waals surface area contributed by atoms with Gasteiger partial charge in [-0.1, -0.05) is 18.6 Å². The number of rotatable bonds is 4. The number of benzene rings is 1. The number of hydrogen-bond donors (Lipinski definition) is 2. The normalized spacial score (nSPS) is 14.3. The van der Waals surface area contributed by atoms with Crippen LogP contribution >= 0.6 is 0 Å². The summed E-state index contributed by atoms with van der Waals surface area (Å²) in [6, 6.07) is 7.48. The largest absolute Gasteiger partial charge is 0.451 e. The lowest BCUT2D eigenvalue weighted by Crippen LogP contribution is -2.39. The van der Waals surface area contributed by atoms with Crippen molar-refractivity contribution in [3.05, 3.63) is 35.6 Å². The molecule has 1 unspecified atom stereocenters. The highest BCUT2D eigenvalue weighted by molar-refractivity contribution is 5.96. The van der Waals surface area contributed by atoms with Gasteiger partial charge >= 0.3 is 0 Å². The molecule has 1 atom stereocenters. The molecular formula is C15H19NO3. The molecule has 0 radical (unpaired) electrons. The fourth-order valence-electron chi connectivity index (χ4n) is 1.76. The Balaban J connectivity index is 2.13. The van der Waals surface area contributed by atoms with Crippen LogP contribution in [0.5, 0.6) is 0 Å². The van der Waals surface area contributed by atoms with Crippen molar-refractivity contribution in [1.29, 1.82) is 0 Å². The van der Waals surface area contributed by atoms with Gasteiger partial charge in [-0.25, -0.2) is 0 Å². The number of fused-ring (bicyclic) bond motifs is 1. The summed E-state index contributed by atoms with van der Waals surface area (Å²) in [5, 5.41) is 13.4. The highest BCUT2D eigenvalue weighted by Crippen LogP contribution is 2.20. The maximum atomic E-state index is 11.9. The average Bonchev–Trinajstić information content (AvgIpc) is 2.79. The molecule has 102 valence electrons. The molecule has 4 heteroatoms. The van der Waals surface area contributed by atoms with Gasteiger partial charge in [-0.3, -0.25) is 4.79 Å². The van der Waals surface area contributed by atoms with E-state index < -0.39 is 5.60 Å². The second-order valence-corrected chi connectivity index (χ2v) is 5.19. The molecule has 0 spiro atoms. The minimum Gasteiger partial charge on any atom is -0.451 e. The predicted octanol–water partition coefficient (Wildman–Crippen LogP) is 2.63. The number of furan rings is 1. The van der Waals surface area contributed by atoms with Gasteiger partial charge in [0, 0.05) is 11.9 Å². The van der Waals surface area contributed by atoms with Gasteiger partial charge in [-0.15, -0.1) is 0 Å². The molecule has 19 heavy (non-hydrogen) atoms. The second-order valence-electron chi connectivity index (χ2n) is 5.19. The maximum absolute atomic E-state index is 11.9. The Hall–Kier alpha value is -1.81. The van der Waals surface area contributed by atoms with Crippen molar-refractivity contribution in [1.82, 2.24) is 5.32 Å². The first-order chi connectivity index (χ1) is 8.91. The Morgan fingerprint density at radius 2 is 2.16 bits per heavy atom. The van der Waals surface area contributed by atoms with Crippen LogP contribution in [-0.2, 0) is 0 Å². The van der Waals surface area contributed by atoms with Gasteiger partial charge in [0.25, 0.3) is 5.91 Å². The third kappa shape index (κ3) is 3.15. The summed E-state index contributed by atoms with van der Waals surface area (Å²) in [7, 11) is 0. The monoisotopic (exact) mass is 261 g/mol. The molecule has 0 aliphatic rings. The molecule has 2 rings (SSSR count). The van der Waals surface area contributed by atoms with Gasteiger partial charge in [-0.05, 0) is 38.5 Å². The third-order valence-electron chi connectivity index (χ3n) is 3.29. The van der Waals surface area contributed by atoms with E-state index in [0.717, 1.165) is 10.9 Å². The molecule has 0 saturated carbocycles. The van der Waals surface area contributed by atoms with Crippen molar-refractivity contribution in [2.75, 3.05) is 6.54 Å². The van der Waals surface area contributed by atoms with Crippen molar-refractivity contribution >= 4 is 16.9 Å². The van der Waals surface area contributed by atoms with Crippen molar-refractivity contribution in [3.8, 4) is 0 Å². The Morgan fingerprint density at radius 1 is 1.42 bits per heavy atom.